The highest BCUT2D eigenvalue weighted by molar-refractivity contribution is 5.97. The number of amides is 2. The van der Waals surface area contributed by atoms with E-state index in [2.05, 4.69) is 15.5 Å². The highest BCUT2D eigenvalue weighted by atomic mass is 35.5. The van der Waals surface area contributed by atoms with E-state index in [1.807, 2.05) is 30.3 Å². The van der Waals surface area contributed by atoms with Crippen LogP contribution in [0.5, 0.6) is 0 Å². The van der Waals surface area contributed by atoms with Crippen molar-refractivity contribution in [2.45, 2.75) is 6.04 Å². The van der Waals surface area contributed by atoms with E-state index in [0.29, 0.717) is 17.8 Å². The molecule has 164 valence electrons. The number of nitrogens with zero attached hydrogens (tertiary/aromatic N) is 1. The maximum atomic E-state index is 12.3. The van der Waals surface area contributed by atoms with Crippen LogP contribution >= 0.6 is 24.8 Å². The van der Waals surface area contributed by atoms with Gasteiger partial charge in [-0.2, -0.15) is 0 Å². The molecule has 1 aliphatic rings. The third-order valence-corrected chi connectivity index (χ3v) is 4.67. The second-order valence-corrected chi connectivity index (χ2v) is 6.66. The molecular weight excluding hydrogens is 427 g/mol. The van der Waals surface area contributed by atoms with Crippen LogP contribution in [0.1, 0.15) is 22.0 Å². The Kier molecular flexibility index (Phi) is 11.4. The molecule has 3 rings (SSSR count). The average Bonchev–Trinajstić information content (AvgIpc) is 2.75. The normalized spacial score (nSPS) is 14.6. The van der Waals surface area contributed by atoms with Crippen molar-refractivity contribution in [3.05, 3.63) is 65.7 Å². The Morgan fingerprint density at radius 2 is 1.63 bits per heavy atom. The summed E-state index contributed by atoms with van der Waals surface area (Å²) in [5.41, 5.74) is 7.89. The van der Waals surface area contributed by atoms with Crippen molar-refractivity contribution in [2.24, 2.45) is 5.73 Å². The number of hydrogen-bond acceptors (Lipinski definition) is 5. The van der Waals surface area contributed by atoms with Gasteiger partial charge >= 0.3 is 0 Å². The Labute approximate surface area is 189 Å². The second-order valence-electron chi connectivity index (χ2n) is 6.66. The number of nitrogens with one attached hydrogen (secondary N) is 2. The summed E-state index contributed by atoms with van der Waals surface area (Å²) in [5, 5.41) is 5.70. The van der Waals surface area contributed by atoms with Gasteiger partial charge in [0.2, 0.25) is 5.91 Å². The summed E-state index contributed by atoms with van der Waals surface area (Å²) in [6, 6.07) is 15.2. The molecule has 9 heteroatoms. The molecule has 4 N–H and O–H groups in total. The highest BCUT2D eigenvalue weighted by Crippen LogP contribution is 2.14. The molecule has 7 nitrogen and oxygen atoms in total. The van der Waals surface area contributed by atoms with Crippen LogP contribution in [0.2, 0.25) is 0 Å². The van der Waals surface area contributed by atoms with Gasteiger partial charge in [-0.3, -0.25) is 14.5 Å². The predicted octanol–water partition coefficient (Wildman–Crippen LogP) is 2.23. The highest BCUT2D eigenvalue weighted by Gasteiger charge is 2.16. The number of hydrogen-bond donors (Lipinski definition) is 3. The summed E-state index contributed by atoms with van der Waals surface area (Å²) in [6.45, 7) is 4.68. The first-order chi connectivity index (χ1) is 13.6. The second kappa shape index (κ2) is 13.2. The van der Waals surface area contributed by atoms with Crippen LogP contribution in [0.25, 0.3) is 0 Å². The lowest BCUT2D eigenvalue weighted by Crippen LogP contribution is -2.41. The monoisotopic (exact) mass is 454 g/mol. The number of nitrogens with two attached hydrogens (primary N) is 1. The van der Waals surface area contributed by atoms with E-state index in [-0.39, 0.29) is 36.6 Å². The standard InChI is InChI=1S/C21H26N4O3.2ClH/c22-19(16-4-2-1-3-5-16)21(27)24-18-8-6-17(7-9-18)20(26)23-10-11-25-12-14-28-15-13-25;;/h1-9,19H,10-15,22H2,(H,23,26)(H,24,27);2*1H. The lowest BCUT2D eigenvalue weighted by atomic mass is 10.1. The summed E-state index contributed by atoms with van der Waals surface area (Å²) < 4.78 is 5.31. The molecule has 0 aliphatic carbocycles. The van der Waals surface area contributed by atoms with E-state index < -0.39 is 6.04 Å². The maximum absolute atomic E-state index is 12.3. The summed E-state index contributed by atoms with van der Waals surface area (Å²) in [5.74, 6) is -0.430. The Hall–Kier alpha value is -2.16. The van der Waals surface area contributed by atoms with Crippen LogP contribution in [0.4, 0.5) is 5.69 Å². The van der Waals surface area contributed by atoms with Gasteiger partial charge in [-0.1, -0.05) is 30.3 Å². The fourth-order valence-electron chi connectivity index (χ4n) is 2.99. The van der Waals surface area contributed by atoms with Crippen molar-refractivity contribution in [3.8, 4) is 0 Å². The molecule has 1 fully saturated rings. The molecule has 0 spiro atoms. The van der Waals surface area contributed by atoms with E-state index in [1.165, 1.54) is 0 Å². The van der Waals surface area contributed by atoms with Gasteiger partial charge in [-0.15, -0.1) is 24.8 Å². The van der Waals surface area contributed by atoms with Crippen LogP contribution in [-0.4, -0.2) is 56.1 Å². The minimum Gasteiger partial charge on any atom is -0.379 e. The van der Waals surface area contributed by atoms with E-state index in [0.717, 1.165) is 38.4 Å². The fraction of sp³-hybridized carbons (Fsp3) is 0.333. The average molecular weight is 455 g/mol. The molecule has 1 saturated heterocycles. The zero-order valence-electron chi connectivity index (χ0n) is 16.6. The van der Waals surface area contributed by atoms with Crippen molar-refractivity contribution >= 4 is 42.3 Å². The van der Waals surface area contributed by atoms with E-state index in [9.17, 15) is 9.59 Å². The largest absolute Gasteiger partial charge is 0.379 e. The maximum Gasteiger partial charge on any atom is 0.251 e. The van der Waals surface area contributed by atoms with E-state index >= 15 is 0 Å². The van der Waals surface area contributed by atoms with Gasteiger partial charge < -0.3 is 21.1 Å². The van der Waals surface area contributed by atoms with Crippen molar-refractivity contribution < 1.29 is 14.3 Å². The minimum absolute atomic E-state index is 0. The Morgan fingerprint density at radius 1 is 1.00 bits per heavy atom. The van der Waals surface area contributed by atoms with E-state index in [4.69, 9.17) is 10.5 Å². The molecule has 2 aromatic rings. The number of carbonyl (C=O) groups is 2. The number of benzene rings is 2. The molecule has 1 unspecified atom stereocenters. The molecule has 0 aromatic heterocycles. The predicted molar refractivity (Wildman–Crippen MR) is 123 cm³/mol. The molecule has 1 heterocycles. The van der Waals surface area contributed by atoms with Crippen molar-refractivity contribution in [1.29, 1.82) is 0 Å². The first kappa shape index (κ1) is 25.9. The minimum atomic E-state index is -0.746. The van der Waals surface area contributed by atoms with Gasteiger partial charge in [0, 0.05) is 37.4 Å². The number of ether oxygens (including phenoxy) is 1. The van der Waals surface area contributed by atoms with Gasteiger partial charge in [-0.05, 0) is 29.8 Å². The summed E-state index contributed by atoms with van der Waals surface area (Å²) in [6.07, 6.45) is 0. The van der Waals surface area contributed by atoms with Gasteiger partial charge in [-0.25, -0.2) is 0 Å². The molecule has 1 atom stereocenters. The molecule has 2 aromatic carbocycles. The quantitative estimate of drug-likeness (QED) is 0.595. The van der Waals surface area contributed by atoms with Crippen molar-refractivity contribution in [2.75, 3.05) is 44.7 Å². The van der Waals surface area contributed by atoms with Crippen LogP contribution in [-0.2, 0) is 9.53 Å². The summed E-state index contributed by atoms with van der Waals surface area (Å²) in [4.78, 5) is 26.8. The lowest BCUT2D eigenvalue weighted by molar-refractivity contribution is -0.117. The Balaban J connectivity index is 0.00000225. The molecule has 30 heavy (non-hydrogen) atoms. The van der Waals surface area contributed by atoms with Gasteiger partial charge in [0.1, 0.15) is 6.04 Å². The first-order valence-electron chi connectivity index (χ1n) is 9.43. The SMILES string of the molecule is Cl.Cl.NC(C(=O)Nc1ccc(C(=O)NCCN2CCOCC2)cc1)c1ccccc1. The molecule has 0 radical (unpaired) electrons. The zero-order chi connectivity index (χ0) is 19.8. The van der Waals surface area contributed by atoms with Crippen molar-refractivity contribution in [1.82, 2.24) is 10.2 Å². The van der Waals surface area contributed by atoms with Crippen molar-refractivity contribution in [3.63, 3.8) is 0 Å². The molecular formula is C21H28Cl2N4O3. The summed E-state index contributed by atoms with van der Waals surface area (Å²) >= 11 is 0. The van der Waals surface area contributed by atoms with Gasteiger partial charge in [0.15, 0.2) is 0 Å². The van der Waals surface area contributed by atoms with Gasteiger partial charge in [0.25, 0.3) is 5.91 Å². The zero-order valence-corrected chi connectivity index (χ0v) is 18.2. The fourth-order valence-corrected chi connectivity index (χ4v) is 2.99. The number of rotatable bonds is 7. The molecule has 1 aliphatic heterocycles. The molecule has 2 amide bonds. The van der Waals surface area contributed by atoms with Crippen LogP contribution in [0, 0.1) is 0 Å². The van der Waals surface area contributed by atoms with Gasteiger partial charge in [0.05, 0.1) is 13.2 Å². The first-order valence-corrected chi connectivity index (χ1v) is 9.43. The molecule has 0 bridgehead atoms. The lowest BCUT2D eigenvalue weighted by Gasteiger charge is -2.26. The smallest absolute Gasteiger partial charge is 0.251 e. The van der Waals surface area contributed by atoms with Crippen LogP contribution < -0.4 is 16.4 Å². The third-order valence-electron chi connectivity index (χ3n) is 4.67. The van der Waals surface area contributed by atoms with Crippen LogP contribution in [0.3, 0.4) is 0 Å². The Bertz CT molecular complexity index is 785. The number of anilines is 1. The number of carbonyl (C=O) groups excluding carboxylic acids is 2. The third kappa shape index (κ3) is 7.59. The molecule has 0 saturated carbocycles. The van der Waals surface area contributed by atoms with Crippen LogP contribution in [0.15, 0.2) is 54.6 Å². The Morgan fingerprint density at radius 3 is 2.27 bits per heavy atom. The summed E-state index contributed by atoms with van der Waals surface area (Å²) in [7, 11) is 0. The number of halogens is 2. The number of morpholine rings is 1. The van der Waals surface area contributed by atoms with E-state index in [1.54, 1.807) is 24.3 Å². The topological polar surface area (TPSA) is 96.7 Å².